The Morgan fingerprint density at radius 3 is 2.62 bits per heavy atom. The highest BCUT2D eigenvalue weighted by Crippen LogP contribution is 2.37. The summed E-state index contributed by atoms with van der Waals surface area (Å²) >= 11 is 1.47. The number of nitrogens with zero attached hydrogens (tertiary/aromatic N) is 1. The molecular formula is C17H23N3S. The standard InChI is InChI=1S/C17H23N3S/c1-12-7-9-13(10-8-12)11-19-17-15(16(18)20-21-17)14-5-3-2-4-6-14/h2-6,12-13,19H,7-11H2,1H3,(H2,18,20). The summed E-state index contributed by atoms with van der Waals surface area (Å²) in [5.74, 6) is 2.32. The van der Waals surface area contributed by atoms with E-state index in [0.29, 0.717) is 5.82 Å². The Labute approximate surface area is 130 Å². The van der Waals surface area contributed by atoms with Gasteiger partial charge in [0.15, 0.2) is 0 Å². The fourth-order valence-electron chi connectivity index (χ4n) is 3.08. The van der Waals surface area contributed by atoms with E-state index in [-0.39, 0.29) is 0 Å². The maximum Gasteiger partial charge on any atom is 0.147 e. The van der Waals surface area contributed by atoms with Crippen LogP contribution in [0.4, 0.5) is 10.8 Å². The number of nitrogens with one attached hydrogen (secondary N) is 1. The van der Waals surface area contributed by atoms with Crippen molar-refractivity contribution in [2.24, 2.45) is 11.8 Å². The predicted octanol–water partition coefficient (Wildman–Crippen LogP) is 4.63. The lowest BCUT2D eigenvalue weighted by molar-refractivity contribution is 0.300. The van der Waals surface area contributed by atoms with E-state index in [1.54, 1.807) is 0 Å². The van der Waals surface area contributed by atoms with Gasteiger partial charge in [-0.3, -0.25) is 0 Å². The molecule has 3 nitrogen and oxygen atoms in total. The van der Waals surface area contributed by atoms with Crippen LogP contribution in [0.5, 0.6) is 0 Å². The number of aromatic nitrogens is 1. The topological polar surface area (TPSA) is 50.9 Å². The Morgan fingerprint density at radius 1 is 1.19 bits per heavy atom. The fraction of sp³-hybridized carbons (Fsp3) is 0.471. The fourth-order valence-corrected chi connectivity index (χ4v) is 3.82. The maximum absolute atomic E-state index is 6.06. The molecule has 2 aromatic rings. The van der Waals surface area contributed by atoms with Gasteiger partial charge in [-0.15, -0.1) is 0 Å². The first-order valence-corrected chi connectivity index (χ1v) is 8.56. The molecule has 3 N–H and O–H groups in total. The molecule has 1 aliphatic carbocycles. The van der Waals surface area contributed by atoms with Crippen molar-refractivity contribution in [2.45, 2.75) is 32.6 Å². The van der Waals surface area contributed by atoms with Gasteiger partial charge in [0.25, 0.3) is 0 Å². The highest BCUT2D eigenvalue weighted by Gasteiger charge is 2.19. The highest BCUT2D eigenvalue weighted by atomic mass is 32.1. The van der Waals surface area contributed by atoms with E-state index >= 15 is 0 Å². The Bertz CT molecular complexity index is 571. The minimum absolute atomic E-state index is 0.631. The van der Waals surface area contributed by atoms with Crippen molar-refractivity contribution in [3.63, 3.8) is 0 Å². The van der Waals surface area contributed by atoms with E-state index in [1.807, 2.05) is 18.2 Å². The second kappa shape index (κ2) is 6.48. The second-order valence-electron chi connectivity index (χ2n) is 6.14. The van der Waals surface area contributed by atoms with E-state index in [1.165, 1.54) is 37.2 Å². The first-order chi connectivity index (χ1) is 10.2. The molecule has 0 unspecified atom stereocenters. The van der Waals surface area contributed by atoms with Gasteiger partial charge in [-0.05, 0) is 41.8 Å². The molecule has 1 aliphatic rings. The van der Waals surface area contributed by atoms with Gasteiger partial charge in [0.1, 0.15) is 10.8 Å². The predicted molar refractivity (Wildman–Crippen MR) is 91.6 cm³/mol. The summed E-state index contributed by atoms with van der Waals surface area (Å²) < 4.78 is 4.33. The minimum Gasteiger partial charge on any atom is -0.382 e. The smallest absolute Gasteiger partial charge is 0.147 e. The Morgan fingerprint density at radius 2 is 1.90 bits per heavy atom. The van der Waals surface area contributed by atoms with Crippen molar-refractivity contribution < 1.29 is 0 Å². The average molecular weight is 301 g/mol. The molecule has 1 heterocycles. The van der Waals surface area contributed by atoms with Crippen LogP contribution in [-0.2, 0) is 0 Å². The monoisotopic (exact) mass is 301 g/mol. The Kier molecular flexibility index (Phi) is 4.44. The third-order valence-electron chi connectivity index (χ3n) is 4.47. The van der Waals surface area contributed by atoms with Gasteiger partial charge in [-0.2, -0.15) is 4.37 Å². The van der Waals surface area contributed by atoms with E-state index in [0.717, 1.165) is 34.5 Å². The van der Waals surface area contributed by atoms with Crippen molar-refractivity contribution in [1.29, 1.82) is 0 Å². The van der Waals surface area contributed by atoms with Crippen LogP contribution in [0.1, 0.15) is 32.6 Å². The number of anilines is 2. The zero-order chi connectivity index (χ0) is 14.7. The summed E-state index contributed by atoms with van der Waals surface area (Å²) in [5.41, 5.74) is 8.26. The molecule has 1 aromatic carbocycles. The van der Waals surface area contributed by atoms with Crippen molar-refractivity contribution in [1.82, 2.24) is 4.37 Å². The third kappa shape index (κ3) is 3.38. The molecule has 0 radical (unpaired) electrons. The Hall–Kier alpha value is -1.55. The lowest BCUT2D eigenvalue weighted by atomic mass is 9.83. The normalized spacial score (nSPS) is 22.1. The second-order valence-corrected chi connectivity index (χ2v) is 6.92. The third-order valence-corrected chi connectivity index (χ3v) is 5.29. The van der Waals surface area contributed by atoms with Crippen LogP contribution in [-0.4, -0.2) is 10.9 Å². The summed E-state index contributed by atoms with van der Waals surface area (Å²) in [5, 5.41) is 4.70. The first-order valence-electron chi connectivity index (χ1n) is 7.78. The average Bonchev–Trinajstić information content (AvgIpc) is 2.88. The number of hydrogen-bond acceptors (Lipinski definition) is 4. The zero-order valence-corrected chi connectivity index (χ0v) is 13.3. The lowest BCUT2D eigenvalue weighted by Gasteiger charge is -2.26. The van der Waals surface area contributed by atoms with Gasteiger partial charge in [-0.1, -0.05) is 50.1 Å². The van der Waals surface area contributed by atoms with Crippen LogP contribution in [0.15, 0.2) is 30.3 Å². The van der Waals surface area contributed by atoms with E-state index in [2.05, 4.69) is 28.7 Å². The molecule has 0 amide bonds. The largest absolute Gasteiger partial charge is 0.382 e. The summed E-state index contributed by atoms with van der Waals surface area (Å²) in [7, 11) is 0. The van der Waals surface area contributed by atoms with Crippen LogP contribution in [0.3, 0.4) is 0 Å². The quantitative estimate of drug-likeness (QED) is 0.865. The van der Waals surface area contributed by atoms with Gasteiger partial charge in [0.05, 0.1) is 5.56 Å². The molecule has 0 saturated heterocycles. The van der Waals surface area contributed by atoms with Gasteiger partial charge in [0, 0.05) is 6.54 Å². The van der Waals surface area contributed by atoms with Crippen LogP contribution < -0.4 is 11.1 Å². The number of benzene rings is 1. The number of hydrogen-bond donors (Lipinski definition) is 2. The molecule has 0 aliphatic heterocycles. The molecule has 3 rings (SSSR count). The molecule has 1 saturated carbocycles. The minimum atomic E-state index is 0.631. The molecule has 1 fully saturated rings. The first kappa shape index (κ1) is 14.4. The molecule has 21 heavy (non-hydrogen) atoms. The van der Waals surface area contributed by atoms with E-state index in [9.17, 15) is 0 Å². The van der Waals surface area contributed by atoms with Crippen LogP contribution in [0, 0.1) is 11.8 Å². The summed E-state index contributed by atoms with van der Waals surface area (Å²) in [4.78, 5) is 0. The number of nitrogens with two attached hydrogens (primary N) is 1. The van der Waals surface area contributed by atoms with Gasteiger partial charge in [-0.25, -0.2) is 0 Å². The molecular weight excluding hydrogens is 278 g/mol. The van der Waals surface area contributed by atoms with Gasteiger partial charge >= 0.3 is 0 Å². The van der Waals surface area contributed by atoms with Crippen molar-refractivity contribution >= 4 is 22.4 Å². The van der Waals surface area contributed by atoms with Crippen LogP contribution >= 0.6 is 11.5 Å². The van der Waals surface area contributed by atoms with Crippen molar-refractivity contribution in [2.75, 3.05) is 17.6 Å². The molecule has 4 heteroatoms. The SMILES string of the molecule is CC1CCC(CNc2snc(N)c2-c2ccccc2)CC1. The van der Waals surface area contributed by atoms with Crippen LogP contribution in [0.2, 0.25) is 0 Å². The molecule has 0 atom stereocenters. The summed E-state index contributed by atoms with van der Waals surface area (Å²) in [6.45, 7) is 3.40. The van der Waals surface area contributed by atoms with Gasteiger partial charge in [0.2, 0.25) is 0 Å². The van der Waals surface area contributed by atoms with Crippen LogP contribution in [0.25, 0.3) is 11.1 Å². The number of rotatable bonds is 4. The molecule has 0 bridgehead atoms. The molecule has 1 aromatic heterocycles. The maximum atomic E-state index is 6.06. The number of nitrogen functional groups attached to an aromatic ring is 1. The molecule has 0 spiro atoms. The highest BCUT2D eigenvalue weighted by molar-refractivity contribution is 7.11. The summed E-state index contributed by atoms with van der Waals surface area (Å²) in [6.07, 6.45) is 5.40. The van der Waals surface area contributed by atoms with E-state index < -0.39 is 0 Å². The van der Waals surface area contributed by atoms with Gasteiger partial charge < -0.3 is 11.1 Å². The molecule has 112 valence electrons. The van der Waals surface area contributed by atoms with E-state index in [4.69, 9.17) is 5.73 Å². The zero-order valence-electron chi connectivity index (χ0n) is 12.5. The Balaban J connectivity index is 1.69. The summed E-state index contributed by atoms with van der Waals surface area (Å²) in [6, 6.07) is 10.3. The van der Waals surface area contributed by atoms with Crippen molar-refractivity contribution in [3.05, 3.63) is 30.3 Å². The van der Waals surface area contributed by atoms with Crippen molar-refractivity contribution in [3.8, 4) is 11.1 Å². The lowest BCUT2D eigenvalue weighted by Crippen LogP contribution is -2.20.